The van der Waals surface area contributed by atoms with Gasteiger partial charge in [-0.05, 0) is 200 Å². The van der Waals surface area contributed by atoms with Gasteiger partial charge in [0.1, 0.15) is 31.9 Å². The molecule has 73 heavy (non-hydrogen) atoms. The van der Waals surface area contributed by atoms with Crippen LogP contribution in [0.2, 0.25) is 5.15 Å². The van der Waals surface area contributed by atoms with Gasteiger partial charge in [0.2, 0.25) is 0 Å². The Morgan fingerprint density at radius 1 is 0.658 bits per heavy atom. The van der Waals surface area contributed by atoms with Crippen LogP contribution >= 0.6 is 82.6 Å². The Morgan fingerprint density at radius 2 is 1.18 bits per heavy atom. The maximum atomic E-state index is 12.6. The molecule has 0 aliphatic carbocycles. The summed E-state index contributed by atoms with van der Waals surface area (Å²) >= 11 is 23.9. The fourth-order valence-corrected chi connectivity index (χ4v) is 8.86. The van der Waals surface area contributed by atoms with Gasteiger partial charge >= 0.3 is 18.3 Å². The van der Waals surface area contributed by atoms with Crippen LogP contribution in [0.15, 0.2) is 120 Å². The SMILES string of the molecule is CC(C)(C)OC(=O)n1nc(-c2ccco2)c2cc(N=C=S)ccc21.CC(C)(C)OC(=O)n1nc(I)c2cc(N=C=S)ccc21.COc1cccc(Sc2c(N=C=S)ccc3c2c(Cl)nn3C(=O)OC(C)(C)C)c1. The van der Waals surface area contributed by atoms with Gasteiger partial charge in [-0.1, -0.05) is 29.4 Å². The van der Waals surface area contributed by atoms with Gasteiger partial charge < -0.3 is 23.4 Å². The van der Waals surface area contributed by atoms with Crippen LogP contribution in [0.25, 0.3) is 44.2 Å². The molecule has 0 amide bonds. The Bertz CT molecular complexity index is 3540. The smallest absolute Gasteiger partial charge is 0.435 e. The summed E-state index contributed by atoms with van der Waals surface area (Å²) in [5.74, 6) is 1.27. The van der Waals surface area contributed by atoms with Crippen molar-refractivity contribution in [3.63, 3.8) is 0 Å². The number of carbonyl (C=O) groups is 3. The molecule has 4 heterocycles. The Labute approximate surface area is 458 Å². The molecular formula is C50H45ClIN9O8S4. The highest BCUT2D eigenvalue weighted by Crippen LogP contribution is 2.44. The minimum atomic E-state index is -0.665. The van der Waals surface area contributed by atoms with E-state index in [0.29, 0.717) is 64.4 Å². The average Bonchev–Trinajstić information content (AvgIpc) is 4.11. The first-order valence-corrected chi connectivity index (χ1v) is 25.2. The topological polar surface area (TPSA) is 192 Å². The molecule has 0 spiro atoms. The molecule has 0 bridgehead atoms. The molecule has 4 aromatic carbocycles. The molecule has 0 saturated carbocycles. The highest BCUT2D eigenvalue weighted by Gasteiger charge is 2.27. The van der Waals surface area contributed by atoms with Crippen molar-refractivity contribution in [1.29, 1.82) is 0 Å². The predicted octanol–water partition coefficient (Wildman–Crippen LogP) is 15.3. The number of hydrogen-bond acceptors (Lipinski definition) is 18. The standard InChI is InChI=1S/C20H18ClN3O3S2.C17H15N3O3S.C13H12IN3O2S/c1-20(2,3)27-19(25)24-15-9-8-14(22-11-28)17(16(15)18(21)23-24)29-13-7-5-6-12(10-13)26-4;1-17(2,3)23-16(21)20-13-7-6-11(18-10-24)9-12(13)15(19-20)14-5-4-8-22-14;1-13(2,3)19-12(18)17-10-5-4-8(15-7-20)6-9(10)11(14)16-17/h5-10H,1-4H3;4-9H,1-3H3;4-6H,1-3H3. The number of carbonyl (C=O) groups excluding carboxylic acids is 3. The quantitative estimate of drug-likeness (QED) is 0.0633. The molecule has 0 aliphatic rings. The first kappa shape index (κ1) is 55.9. The lowest BCUT2D eigenvalue weighted by Crippen LogP contribution is -2.27. The predicted molar refractivity (Wildman–Crippen MR) is 301 cm³/mol. The summed E-state index contributed by atoms with van der Waals surface area (Å²) in [7, 11) is 1.61. The number of rotatable bonds is 7. The molecule has 17 nitrogen and oxygen atoms in total. The minimum absolute atomic E-state index is 0.165. The summed E-state index contributed by atoms with van der Waals surface area (Å²) in [5.41, 5.74) is 2.33. The largest absolute Gasteiger partial charge is 0.497 e. The first-order valence-electron chi connectivity index (χ1n) is 21.7. The lowest BCUT2D eigenvalue weighted by atomic mass is 10.1. The van der Waals surface area contributed by atoms with E-state index in [4.69, 9.17) is 47.2 Å². The monoisotopic (exact) mass is 1190 g/mol. The summed E-state index contributed by atoms with van der Waals surface area (Å²) in [6.45, 7) is 16.2. The van der Waals surface area contributed by atoms with Crippen LogP contribution in [0, 0.1) is 3.70 Å². The van der Waals surface area contributed by atoms with E-state index in [-0.39, 0.29) is 5.15 Å². The minimum Gasteiger partial charge on any atom is -0.497 e. The van der Waals surface area contributed by atoms with Gasteiger partial charge in [-0.15, -0.1) is 5.10 Å². The van der Waals surface area contributed by atoms with E-state index in [1.807, 2.05) is 51.1 Å². The number of aliphatic imine (C=N–C) groups is 3. The highest BCUT2D eigenvalue weighted by molar-refractivity contribution is 14.1. The fraction of sp³-hybridized carbons (Fsp3) is 0.260. The Hall–Kier alpha value is -6.45. The van der Waals surface area contributed by atoms with Crippen LogP contribution in [-0.2, 0) is 14.2 Å². The molecule has 0 fully saturated rings. The maximum absolute atomic E-state index is 12.6. The van der Waals surface area contributed by atoms with Crippen LogP contribution < -0.4 is 4.74 Å². The van der Waals surface area contributed by atoms with E-state index < -0.39 is 35.1 Å². The first-order chi connectivity index (χ1) is 34.4. The third-order valence-electron chi connectivity index (χ3n) is 9.25. The second-order valence-electron chi connectivity index (χ2n) is 18.2. The van der Waals surface area contributed by atoms with Gasteiger partial charge in [-0.2, -0.15) is 39.2 Å². The molecule has 0 radical (unpaired) electrons. The molecule has 4 aromatic heterocycles. The van der Waals surface area contributed by atoms with E-state index in [9.17, 15) is 14.4 Å². The summed E-state index contributed by atoms with van der Waals surface area (Å²) < 4.78 is 31.2. The van der Waals surface area contributed by atoms with Crippen molar-refractivity contribution in [3.05, 3.63) is 100 Å². The molecule has 0 unspecified atom stereocenters. The van der Waals surface area contributed by atoms with Crippen LogP contribution in [0.1, 0.15) is 62.3 Å². The van der Waals surface area contributed by atoms with E-state index >= 15 is 0 Å². The summed E-state index contributed by atoms with van der Waals surface area (Å²) in [6, 6.07) is 25.1. The third kappa shape index (κ3) is 14.4. The number of benzene rings is 4. The number of fused-ring (bicyclic) bond motifs is 3. The molecule has 0 N–H and O–H groups in total. The maximum Gasteiger partial charge on any atom is 0.435 e. The van der Waals surface area contributed by atoms with E-state index in [1.165, 1.54) is 21.1 Å². The van der Waals surface area contributed by atoms with Crippen LogP contribution in [0.3, 0.4) is 0 Å². The molecule has 8 aromatic rings. The average molecular weight is 1190 g/mol. The molecule has 23 heteroatoms. The summed E-state index contributed by atoms with van der Waals surface area (Å²) in [6.07, 6.45) is -0.127. The third-order valence-corrected chi connectivity index (χ3v) is 11.7. The van der Waals surface area contributed by atoms with Crippen molar-refractivity contribution in [3.8, 4) is 17.2 Å². The number of furan rings is 1. The van der Waals surface area contributed by atoms with Crippen LogP contribution in [-0.4, -0.2) is 87.0 Å². The van der Waals surface area contributed by atoms with E-state index in [1.54, 1.807) is 110 Å². The van der Waals surface area contributed by atoms with Gasteiger partial charge in [0.15, 0.2) is 10.9 Å². The van der Waals surface area contributed by atoms with Gasteiger partial charge in [0.05, 0.1) is 72.8 Å². The lowest BCUT2D eigenvalue weighted by Gasteiger charge is -2.19. The number of isothiocyanates is 3. The number of aromatic nitrogens is 6. The van der Waals surface area contributed by atoms with Gasteiger partial charge in [-0.25, -0.2) is 14.4 Å². The number of nitrogens with zero attached hydrogens (tertiary/aromatic N) is 9. The van der Waals surface area contributed by atoms with E-state index in [0.717, 1.165) is 20.7 Å². The zero-order valence-electron chi connectivity index (χ0n) is 40.8. The Balaban J connectivity index is 0.000000182. The van der Waals surface area contributed by atoms with E-state index in [2.05, 4.69) is 92.8 Å². The molecule has 0 aliphatic heterocycles. The van der Waals surface area contributed by atoms with Crippen molar-refractivity contribution in [2.24, 2.45) is 15.0 Å². The van der Waals surface area contributed by atoms with Crippen molar-refractivity contribution in [1.82, 2.24) is 29.3 Å². The van der Waals surface area contributed by atoms with Crippen molar-refractivity contribution < 1.29 is 37.7 Å². The molecule has 0 atom stereocenters. The van der Waals surface area contributed by atoms with Crippen molar-refractivity contribution in [2.75, 3.05) is 7.11 Å². The lowest BCUT2D eigenvalue weighted by molar-refractivity contribution is 0.0511. The molecule has 376 valence electrons. The van der Waals surface area contributed by atoms with Gasteiger partial charge in [0.25, 0.3) is 0 Å². The van der Waals surface area contributed by atoms with Gasteiger partial charge in [0, 0.05) is 15.7 Å². The zero-order chi connectivity index (χ0) is 53.4. The fourth-order valence-electron chi connectivity index (χ4n) is 6.50. The number of thiocarbonyl (C=S) groups is 3. The van der Waals surface area contributed by atoms with Crippen LogP contribution in [0.5, 0.6) is 5.75 Å². The van der Waals surface area contributed by atoms with Crippen LogP contribution in [0.4, 0.5) is 31.4 Å². The molecule has 0 saturated heterocycles. The number of ether oxygens (including phenoxy) is 4. The molecular weight excluding hydrogens is 1150 g/mol. The van der Waals surface area contributed by atoms with Crippen molar-refractivity contribution in [2.45, 2.75) is 88.9 Å². The number of hydrogen-bond donors (Lipinski definition) is 0. The second-order valence-corrected chi connectivity index (χ2v) is 21.2. The Kier molecular flexibility index (Phi) is 18.1. The number of halogens is 2. The Morgan fingerprint density at radius 3 is 1.70 bits per heavy atom. The normalized spacial score (nSPS) is 11.2. The highest BCUT2D eigenvalue weighted by atomic mass is 127. The van der Waals surface area contributed by atoms with Gasteiger partial charge in [-0.3, -0.25) is 0 Å². The molecule has 8 rings (SSSR count). The second kappa shape index (κ2) is 23.6. The number of methoxy groups -OCH3 is 1. The summed E-state index contributed by atoms with van der Waals surface area (Å²) in [5, 5.41) is 22.1. The zero-order valence-corrected chi connectivity index (χ0v) is 47.0. The van der Waals surface area contributed by atoms with Crippen molar-refractivity contribution >= 4 is 166 Å². The summed E-state index contributed by atoms with van der Waals surface area (Å²) in [4.78, 5) is 50.8.